The third-order valence-electron chi connectivity index (χ3n) is 2.87. The maximum absolute atomic E-state index is 5.73. The van der Waals surface area contributed by atoms with Crippen molar-refractivity contribution in [2.45, 2.75) is 51.7 Å². The molecule has 0 amide bonds. The van der Waals surface area contributed by atoms with Crippen LogP contribution >= 0.6 is 0 Å². The summed E-state index contributed by atoms with van der Waals surface area (Å²) in [6.07, 6.45) is 5.48. The summed E-state index contributed by atoms with van der Waals surface area (Å²) >= 11 is 0. The first-order valence-corrected chi connectivity index (χ1v) is 6.29. The fourth-order valence-electron chi connectivity index (χ4n) is 2.00. The Labute approximate surface area is 93.5 Å². The number of hydrogen-bond donors (Lipinski definition) is 1. The van der Waals surface area contributed by atoms with Gasteiger partial charge >= 0.3 is 0 Å². The van der Waals surface area contributed by atoms with Gasteiger partial charge in [0.1, 0.15) is 0 Å². The van der Waals surface area contributed by atoms with Crippen molar-refractivity contribution in [2.24, 2.45) is 0 Å². The normalized spacial score (nSPS) is 26.0. The topological polar surface area (TPSA) is 30.5 Å². The molecule has 0 spiro atoms. The molecule has 1 fully saturated rings. The van der Waals surface area contributed by atoms with E-state index < -0.39 is 0 Å². The van der Waals surface area contributed by atoms with E-state index in [0.29, 0.717) is 12.1 Å². The Morgan fingerprint density at radius 3 is 2.87 bits per heavy atom. The molecule has 1 rings (SSSR count). The molecule has 0 radical (unpaired) electrons. The molecule has 0 saturated carbocycles. The van der Waals surface area contributed by atoms with E-state index in [2.05, 4.69) is 12.2 Å². The third-order valence-corrected chi connectivity index (χ3v) is 2.87. The van der Waals surface area contributed by atoms with E-state index in [0.717, 1.165) is 26.4 Å². The van der Waals surface area contributed by atoms with Gasteiger partial charge in [0.15, 0.2) is 0 Å². The number of ether oxygens (including phenoxy) is 2. The van der Waals surface area contributed by atoms with Crippen molar-refractivity contribution in [3.63, 3.8) is 0 Å². The molecule has 1 aliphatic rings. The molecule has 15 heavy (non-hydrogen) atoms. The van der Waals surface area contributed by atoms with Crippen LogP contribution in [0.5, 0.6) is 0 Å². The van der Waals surface area contributed by atoms with Crippen molar-refractivity contribution in [1.29, 1.82) is 0 Å². The Hall–Kier alpha value is -0.120. The molecule has 0 unspecified atom stereocenters. The second kappa shape index (κ2) is 8.08. The van der Waals surface area contributed by atoms with E-state index in [1.807, 2.05) is 6.92 Å². The predicted molar refractivity (Wildman–Crippen MR) is 62.2 cm³/mol. The molecule has 0 aromatic rings. The minimum atomic E-state index is 0.410. The summed E-state index contributed by atoms with van der Waals surface area (Å²) in [5.41, 5.74) is 0. The van der Waals surface area contributed by atoms with Gasteiger partial charge in [-0.25, -0.2) is 0 Å². The molecular weight excluding hydrogens is 190 g/mol. The molecule has 0 aromatic carbocycles. The van der Waals surface area contributed by atoms with Crippen LogP contribution in [-0.4, -0.2) is 38.5 Å². The van der Waals surface area contributed by atoms with Gasteiger partial charge in [-0.3, -0.25) is 0 Å². The van der Waals surface area contributed by atoms with Crippen molar-refractivity contribution in [3.8, 4) is 0 Å². The lowest BCUT2D eigenvalue weighted by atomic mass is 10.1. The van der Waals surface area contributed by atoms with Crippen LogP contribution in [0.15, 0.2) is 0 Å². The first-order chi connectivity index (χ1) is 7.36. The summed E-state index contributed by atoms with van der Waals surface area (Å²) in [7, 11) is 0. The third kappa shape index (κ3) is 5.50. The van der Waals surface area contributed by atoms with Gasteiger partial charge in [0, 0.05) is 19.2 Å². The summed E-state index contributed by atoms with van der Waals surface area (Å²) < 4.78 is 11.0. The highest BCUT2D eigenvalue weighted by Crippen LogP contribution is 2.15. The van der Waals surface area contributed by atoms with Gasteiger partial charge in [0.25, 0.3) is 0 Å². The van der Waals surface area contributed by atoms with Crippen LogP contribution in [0.4, 0.5) is 0 Å². The van der Waals surface area contributed by atoms with Crippen molar-refractivity contribution < 1.29 is 9.47 Å². The lowest BCUT2D eigenvalue weighted by Gasteiger charge is -2.11. The first kappa shape index (κ1) is 12.9. The highest BCUT2D eigenvalue weighted by atomic mass is 16.5. The van der Waals surface area contributed by atoms with Crippen LogP contribution < -0.4 is 5.32 Å². The SMILES string of the molecule is CCCC[C@@H]1C[C@@H](OCCOCC)CN1. The van der Waals surface area contributed by atoms with Gasteiger partial charge < -0.3 is 14.8 Å². The molecule has 0 aromatic heterocycles. The zero-order valence-electron chi connectivity index (χ0n) is 10.1. The van der Waals surface area contributed by atoms with Crippen LogP contribution in [0.1, 0.15) is 39.5 Å². The van der Waals surface area contributed by atoms with Crippen LogP contribution in [-0.2, 0) is 9.47 Å². The molecule has 90 valence electrons. The number of hydrogen-bond acceptors (Lipinski definition) is 3. The van der Waals surface area contributed by atoms with E-state index >= 15 is 0 Å². The van der Waals surface area contributed by atoms with Crippen LogP contribution in [0.25, 0.3) is 0 Å². The standard InChI is InChI=1S/C12H25NO2/c1-3-5-6-11-9-12(10-13-11)15-8-7-14-4-2/h11-13H,3-10H2,1-2H3/t11-,12-/m1/s1. The van der Waals surface area contributed by atoms with Crippen molar-refractivity contribution >= 4 is 0 Å². The lowest BCUT2D eigenvalue weighted by Crippen LogP contribution is -2.21. The maximum Gasteiger partial charge on any atom is 0.0715 e. The lowest BCUT2D eigenvalue weighted by molar-refractivity contribution is 0.0152. The quantitative estimate of drug-likeness (QED) is 0.628. The molecule has 1 N–H and O–H groups in total. The number of rotatable bonds is 8. The van der Waals surface area contributed by atoms with E-state index in [9.17, 15) is 0 Å². The van der Waals surface area contributed by atoms with E-state index in [-0.39, 0.29) is 0 Å². The fourth-order valence-corrected chi connectivity index (χ4v) is 2.00. The molecule has 3 nitrogen and oxygen atoms in total. The molecule has 1 saturated heterocycles. The van der Waals surface area contributed by atoms with Crippen molar-refractivity contribution in [3.05, 3.63) is 0 Å². The highest BCUT2D eigenvalue weighted by molar-refractivity contribution is 4.81. The maximum atomic E-state index is 5.73. The Bertz CT molecular complexity index is 153. The Morgan fingerprint density at radius 2 is 2.13 bits per heavy atom. The van der Waals surface area contributed by atoms with Crippen molar-refractivity contribution in [1.82, 2.24) is 5.32 Å². The van der Waals surface area contributed by atoms with Gasteiger partial charge in [0.2, 0.25) is 0 Å². The minimum absolute atomic E-state index is 0.410. The second-order valence-corrected chi connectivity index (χ2v) is 4.17. The minimum Gasteiger partial charge on any atom is -0.379 e. The Morgan fingerprint density at radius 1 is 1.27 bits per heavy atom. The molecule has 1 aliphatic heterocycles. The van der Waals surface area contributed by atoms with E-state index in [1.165, 1.54) is 25.7 Å². The summed E-state index contributed by atoms with van der Waals surface area (Å²) in [6.45, 7) is 7.52. The van der Waals surface area contributed by atoms with Crippen LogP contribution in [0.3, 0.4) is 0 Å². The summed E-state index contributed by atoms with van der Waals surface area (Å²) in [5.74, 6) is 0. The Kier molecular flexibility index (Phi) is 6.98. The van der Waals surface area contributed by atoms with Crippen LogP contribution in [0, 0.1) is 0 Å². The molecule has 1 heterocycles. The predicted octanol–water partition coefficient (Wildman–Crippen LogP) is 1.96. The molecular formula is C12H25NO2. The smallest absolute Gasteiger partial charge is 0.0715 e. The van der Waals surface area contributed by atoms with Gasteiger partial charge in [-0.05, 0) is 19.8 Å². The molecule has 0 aliphatic carbocycles. The Balaban J connectivity index is 1.98. The molecule has 0 bridgehead atoms. The van der Waals surface area contributed by atoms with Crippen molar-refractivity contribution in [2.75, 3.05) is 26.4 Å². The average Bonchev–Trinajstić information content (AvgIpc) is 2.69. The number of unbranched alkanes of at least 4 members (excludes halogenated alkanes) is 1. The first-order valence-electron chi connectivity index (χ1n) is 6.29. The summed E-state index contributed by atoms with van der Waals surface area (Å²) in [6, 6.07) is 0.682. The monoisotopic (exact) mass is 215 g/mol. The molecule has 2 atom stereocenters. The second-order valence-electron chi connectivity index (χ2n) is 4.17. The molecule has 3 heteroatoms. The largest absolute Gasteiger partial charge is 0.379 e. The summed E-state index contributed by atoms with van der Waals surface area (Å²) in [4.78, 5) is 0. The zero-order valence-corrected chi connectivity index (χ0v) is 10.1. The average molecular weight is 215 g/mol. The zero-order chi connectivity index (χ0) is 10.9. The number of nitrogens with one attached hydrogen (secondary N) is 1. The summed E-state index contributed by atoms with van der Waals surface area (Å²) in [5, 5.41) is 3.52. The van der Waals surface area contributed by atoms with Gasteiger partial charge in [-0.1, -0.05) is 19.8 Å². The highest BCUT2D eigenvalue weighted by Gasteiger charge is 2.23. The van der Waals surface area contributed by atoms with E-state index in [4.69, 9.17) is 9.47 Å². The van der Waals surface area contributed by atoms with Crippen LogP contribution in [0.2, 0.25) is 0 Å². The fraction of sp³-hybridized carbons (Fsp3) is 1.00. The van der Waals surface area contributed by atoms with Gasteiger partial charge in [0.05, 0.1) is 19.3 Å². The van der Waals surface area contributed by atoms with E-state index in [1.54, 1.807) is 0 Å². The van der Waals surface area contributed by atoms with Gasteiger partial charge in [-0.15, -0.1) is 0 Å². The van der Waals surface area contributed by atoms with Gasteiger partial charge in [-0.2, -0.15) is 0 Å².